The minimum Gasteiger partial charge on any atom is -0.308 e. The van der Waals surface area contributed by atoms with Crippen molar-refractivity contribution in [2.75, 3.05) is 0 Å². The van der Waals surface area contributed by atoms with Gasteiger partial charge in [-0.1, -0.05) is 148 Å². The lowest BCUT2D eigenvalue weighted by Gasteiger charge is -2.08. The normalized spacial score (nSPS) is 12.2. The van der Waals surface area contributed by atoms with Crippen LogP contribution in [-0.2, 0) is 6.42 Å². The van der Waals surface area contributed by atoms with Crippen molar-refractivity contribution in [1.29, 1.82) is 5.41 Å². The van der Waals surface area contributed by atoms with Crippen LogP contribution < -0.4 is 0 Å². The second-order valence-corrected chi connectivity index (χ2v) is 9.68. The van der Waals surface area contributed by atoms with Crippen molar-refractivity contribution in [2.45, 2.75) is 20.3 Å². The van der Waals surface area contributed by atoms with Gasteiger partial charge >= 0.3 is 0 Å². The van der Waals surface area contributed by atoms with E-state index in [0.29, 0.717) is 0 Å². The fourth-order valence-corrected chi connectivity index (χ4v) is 4.34. The lowest BCUT2D eigenvalue weighted by molar-refractivity contribution is 1.26. The number of nitrogens with one attached hydrogen (secondary N) is 1. The smallest absolute Gasteiger partial charge is 0.0256 e. The Labute approximate surface area is 246 Å². The largest absolute Gasteiger partial charge is 0.308 e. The summed E-state index contributed by atoms with van der Waals surface area (Å²) in [7, 11) is 0. The molecule has 0 aromatic heterocycles. The third-order valence-electron chi connectivity index (χ3n) is 6.82. The van der Waals surface area contributed by atoms with Crippen LogP contribution in [0.2, 0.25) is 0 Å². The third-order valence-corrected chi connectivity index (χ3v) is 6.82. The van der Waals surface area contributed by atoms with Crippen molar-refractivity contribution in [2.24, 2.45) is 0 Å². The molecular weight excluding hydrogens is 494 g/mol. The van der Waals surface area contributed by atoms with Crippen LogP contribution in [0.5, 0.6) is 0 Å². The summed E-state index contributed by atoms with van der Waals surface area (Å²) in [5.74, 6) is 0. The van der Waals surface area contributed by atoms with E-state index in [1.165, 1.54) is 22.9 Å². The van der Waals surface area contributed by atoms with Crippen LogP contribution in [0.1, 0.15) is 34.7 Å². The van der Waals surface area contributed by atoms with Crippen LogP contribution in [0, 0.1) is 12.3 Å². The van der Waals surface area contributed by atoms with Gasteiger partial charge in [0.2, 0.25) is 0 Å². The van der Waals surface area contributed by atoms with E-state index in [9.17, 15) is 0 Å². The fraction of sp³-hybridized carbons (Fsp3) is 0.0750. The first kappa shape index (κ1) is 30.5. The summed E-state index contributed by atoms with van der Waals surface area (Å²) >= 11 is 0. The van der Waals surface area contributed by atoms with Crippen molar-refractivity contribution in [3.63, 3.8) is 0 Å². The first-order valence-corrected chi connectivity index (χ1v) is 13.7. The topological polar surface area (TPSA) is 23.9 Å². The zero-order valence-electron chi connectivity index (χ0n) is 24.2. The van der Waals surface area contributed by atoms with E-state index in [4.69, 9.17) is 5.41 Å². The number of hydrogen-bond acceptors (Lipinski definition) is 1. The molecule has 41 heavy (non-hydrogen) atoms. The average Bonchev–Trinajstić information content (AvgIpc) is 3.00. The summed E-state index contributed by atoms with van der Waals surface area (Å²) in [6.45, 7) is 20.1. The van der Waals surface area contributed by atoms with E-state index in [-0.39, 0.29) is 0 Å². The second-order valence-electron chi connectivity index (χ2n) is 9.68. The highest BCUT2D eigenvalue weighted by molar-refractivity contribution is 6.08. The summed E-state index contributed by atoms with van der Waals surface area (Å²) in [6.07, 6.45) is 22.0. The molecule has 0 aliphatic carbocycles. The quantitative estimate of drug-likeness (QED) is 0.167. The average molecular weight is 534 g/mol. The molecule has 3 aromatic rings. The lowest BCUT2D eigenvalue weighted by Crippen LogP contribution is -1.88. The SMILES string of the molecule is C=C/C=C\Cc1cccc(C(/C=C\C(=C)C(=C)/C=C\c2cc(-c3ccc(/C(C=N)=C/C=C)cc3)ccc2C)=C/C)c1. The monoisotopic (exact) mass is 533 g/mol. The van der Waals surface area contributed by atoms with E-state index in [1.54, 1.807) is 12.2 Å². The number of aryl methyl sites for hydroxylation is 1. The molecule has 0 aliphatic rings. The summed E-state index contributed by atoms with van der Waals surface area (Å²) in [5.41, 5.74) is 11.7. The highest BCUT2D eigenvalue weighted by atomic mass is 14.3. The van der Waals surface area contributed by atoms with Gasteiger partial charge in [-0.3, -0.25) is 0 Å². The van der Waals surface area contributed by atoms with E-state index < -0.39 is 0 Å². The molecule has 0 amide bonds. The molecule has 0 heterocycles. The summed E-state index contributed by atoms with van der Waals surface area (Å²) in [6, 6.07) is 23.3. The molecule has 3 aromatic carbocycles. The van der Waals surface area contributed by atoms with Gasteiger partial charge in [-0.2, -0.15) is 0 Å². The second kappa shape index (κ2) is 15.5. The maximum Gasteiger partial charge on any atom is 0.0256 e. The fourth-order valence-electron chi connectivity index (χ4n) is 4.34. The van der Waals surface area contributed by atoms with E-state index in [0.717, 1.165) is 51.0 Å². The molecule has 1 heteroatoms. The van der Waals surface area contributed by atoms with Gasteiger partial charge in [-0.05, 0) is 87.6 Å². The third kappa shape index (κ3) is 8.74. The molecule has 0 aliphatic heterocycles. The van der Waals surface area contributed by atoms with Gasteiger partial charge < -0.3 is 5.41 Å². The first-order valence-electron chi connectivity index (χ1n) is 13.7. The first-order chi connectivity index (χ1) is 19.9. The lowest BCUT2D eigenvalue weighted by atomic mass is 9.96. The van der Waals surface area contributed by atoms with Crippen LogP contribution in [-0.4, -0.2) is 6.21 Å². The van der Waals surface area contributed by atoms with Gasteiger partial charge in [0.1, 0.15) is 0 Å². The highest BCUT2D eigenvalue weighted by Crippen LogP contribution is 2.26. The summed E-state index contributed by atoms with van der Waals surface area (Å²) in [4.78, 5) is 0. The van der Waals surface area contributed by atoms with Gasteiger partial charge in [0.05, 0.1) is 0 Å². The molecule has 0 unspecified atom stereocenters. The molecule has 1 nitrogen and oxygen atoms in total. The Hall–Kier alpha value is -5.01. The van der Waals surface area contributed by atoms with Crippen molar-refractivity contribution in [3.05, 3.63) is 187 Å². The molecule has 0 atom stereocenters. The van der Waals surface area contributed by atoms with Gasteiger partial charge in [-0.15, -0.1) is 0 Å². The molecule has 1 N–H and O–H groups in total. The number of allylic oxidation sites excluding steroid dienone is 13. The molecule has 0 radical (unpaired) electrons. The molecule has 204 valence electrons. The maximum absolute atomic E-state index is 7.64. The van der Waals surface area contributed by atoms with Gasteiger partial charge in [0.25, 0.3) is 0 Å². The Bertz CT molecular complexity index is 1580. The molecular formula is C40H39N. The molecule has 0 fully saturated rings. The molecule has 3 rings (SSSR count). The zero-order valence-corrected chi connectivity index (χ0v) is 24.2. The number of rotatable bonds is 13. The molecule has 0 bridgehead atoms. The predicted molar refractivity (Wildman–Crippen MR) is 183 cm³/mol. The molecule has 0 saturated heterocycles. The number of hydrogen-bond donors (Lipinski definition) is 1. The van der Waals surface area contributed by atoms with Crippen LogP contribution in [0.15, 0.2) is 159 Å². The zero-order chi connectivity index (χ0) is 29.6. The van der Waals surface area contributed by atoms with E-state index in [1.807, 2.05) is 36.4 Å². The Kier molecular flexibility index (Phi) is 11.6. The Balaban J connectivity index is 1.73. The summed E-state index contributed by atoms with van der Waals surface area (Å²) < 4.78 is 0. The van der Waals surface area contributed by atoms with Gasteiger partial charge in [0.15, 0.2) is 0 Å². The van der Waals surface area contributed by atoms with Crippen molar-refractivity contribution < 1.29 is 0 Å². The minimum atomic E-state index is 0.832. The van der Waals surface area contributed by atoms with Gasteiger partial charge in [0, 0.05) is 6.21 Å². The Morgan fingerprint density at radius 1 is 0.780 bits per heavy atom. The van der Waals surface area contributed by atoms with Crippen LogP contribution in [0.25, 0.3) is 28.3 Å². The van der Waals surface area contributed by atoms with Crippen LogP contribution in [0.3, 0.4) is 0 Å². The van der Waals surface area contributed by atoms with E-state index >= 15 is 0 Å². The minimum absolute atomic E-state index is 0.832. The van der Waals surface area contributed by atoms with Crippen LogP contribution in [0.4, 0.5) is 0 Å². The molecule has 0 saturated carbocycles. The number of benzene rings is 3. The summed E-state index contributed by atoms with van der Waals surface area (Å²) in [5, 5.41) is 7.64. The van der Waals surface area contributed by atoms with Crippen molar-refractivity contribution >= 4 is 23.4 Å². The predicted octanol–water partition coefficient (Wildman–Crippen LogP) is 11.0. The van der Waals surface area contributed by atoms with Crippen LogP contribution >= 0.6 is 0 Å². The molecule has 0 spiro atoms. The van der Waals surface area contributed by atoms with Crippen molar-refractivity contribution in [3.8, 4) is 11.1 Å². The van der Waals surface area contributed by atoms with Gasteiger partial charge in [-0.25, -0.2) is 0 Å². The maximum atomic E-state index is 7.64. The van der Waals surface area contributed by atoms with E-state index in [2.05, 4.69) is 119 Å². The standard InChI is InChI=1S/C40H39N/c1-7-10-11-14-33-15-12-16-38(27-33)34(9-3)20-17-30(4)31(5)18-21-37-28-39(22-19-32(37)6)35-23-25-36(26-24-35)40(29-41)13-8-2/h7-13,15-29,41H,1-2,4-5,14H2,3,6H3/b11-10-,20-17-,21-18-,34-9+,40-13+,41-29?. The Morgan fingerprint density at radius 3 is 2.20 bits per heavy atom. The van der Waals surface area contributed by atoms with Crippen molar-refractivity contribution in [1.82, 2.24) is 0 Å². The highest BCUT2D eigenvalue weighted by Gasteiger charge is 2.04. The Morgan fingerprint density at radius 2 is 1.51 bits per heavy atom.